The molecular weight excluding hydrogens is 436 g/mol. The SMILES string of the molecule is Cc1ccc(C2CC(CC(=O)N3CCn4nc(-c5cccc(Cl)c5)c(C(N)=O)c4C3)C2)cc1. The molecule has 0 unspecified atom stereocenters. The zero-order valence-corrected chi connectivity index (χ0v) is 19.4. The number of carbonyl (C=O) groups excluding carboxylic acids is 2. The third-order valence-corrected chi connectivity index (χ3v) is 7.16. The molecule has 1 saturated carbocycles. The van der Waals surface area contributed by atoms with E-state index in [4.69, 9.17) is 17.3 Å². The smallest absolute Gasteiger partial charge is 0.252 e. The van der Waals surface area contributed by atoms with Crippen LogP contribution in [0.4, 0.5) is 0 Å². The van der Waals surface area contributed by atoms with Gasteiger partial charge in [0.05, 0.1) is 24.3 Å². The molecule has 0 atom stereocenters. The van der Waals surface area contributed by atoms with Crippen molar-refractivity contribution in [2.75, 3.05) is 6.54 Å². The van der Waals surface area contributed by atoms with E-state index in [-0.39, 0.29) is 5.91 Å². The Morgan fingerprint density at radius 2 is 1.88 bits per heavy atom. The molecule has 1 aliphatic carbocycles. The van der Waals surface area contributed by atoms with Crippen LogP contribution in [0, 0.1) is 12.8 Å². The summed E-state index contributed by atoms with van der Waals surface area (Å²) in [6, 6.07) is 15.9. The van der Waals surface area contributed by atoms with E-state index in [0.29, 0.717) is 59.9 Å². The maximum atomic E-state index is 13.1. The fourth-order valence-electron chi connectivity index (χ4n) is 5.02. The number of carbonyl (C=O) groups is 2. The first-order chi connectivity index (χ1) is 15.9. The van der Waals surface area contributed by atoms with Crippen LogP contribution >= 0.6 is 11.6 Å². The van der Waals surface area contributed by atoms with Gasteiger partial charge in [-0.25, -0.2) is 0 Å². The lowest BCUT2D eigenvalue weighted by atomic mass is 9.70. The van der Waals surface area contributed by atoms with Crippen molar-refractivity contribution in [2.45, 2.75) is 45.2 Å². The van der Waals surface area contributed by atoms with Crippen LogP contribution in [0.2, 0.25) is 5.02 Å². The number of fused-ring (bicyclic) bond motifs is 1. The Balaban J connectivity index is 1.27. The van der Waals surface area contributed by atoms with Crippen LogP contribution in [0.25, 0.3) is 11.3 Å². The average Bonchev–Trinajstić information content (AvgIpc) is 3.16. The first-order valence-corrected chi connectivity index (χ1v) is 11.8. The Morgan fingerprint density at radius 1 is 1.12 bits per heavy atom. The second-order valence-corrected chi connectivity index (χ2v) is 9.67. The normalized spacial score (nSPS) is 19.6. The molecule has 0 bridgehead atoms. The Labute approximate surface area is 198 Å². The summed E-state index contributed by atoms with van der Waals surface area (Å²) in [6.07, 6.45) is 2.64. The highest BCUT2D eigenvalue weighted by Gasteiger charge is 2.35. The molecule has 0 saturated heterocycles. The van der Waals surface area contributed by atoms with E-state index in [9.17, 15) is 9.59 Å². The van der Waals surface area contributed by atoms with Crippen molar-refractivity contribution in [2.24, 2.45) is 11.7 Å². The van der Waals surface area contributed by atoms with Crippen LogP contribution < -0.4 is 5.73 Å². The summed E-state index contributed by atoms with van der Waals surface area (Å²) in [7, 11) is 0. The van der Waals surface area contributed by atoms with Crippen LogP contribution in [0.3, 0.4) is 0 Å². The highest BCUT2D eigenvalue weighted by Crippen LogP contribution is 2.43. The quantitative estimate of drug-likeness (QED) is 0.604. The Morgan fingerprint density at radius 3 is 2.58 bits per heavy atom. The standard InChI is InChI=1S/C26H27ClN4O2/c1-16-5-7-18(8-6-16)20-11-17(12-20)13-23(32)30-9-10-31-22(15-30)24(26(28)33)25(29-31)19-3-2-4-21(27)14-19/h2-8,14,17,20H,9-13,15H2,1H3,(H2,28,33). The number of halogens is 1. The molecule has 7 heteroatoms. The van der Waals surface area contributed by atoms with E-state index in [1.54, 1.807) is 16.8 Å². The van der Waals surface area contributed by atoms with Gasteiger partial charge in [-0.15, -0.1) is 0 Å². The zero-order chi connectivity index (χ0) is 23.1. The van der Waals surface area contributed by atoms with Gasteiger partial charge in [-0.3, -0.25) is 14.3 Å². The molecule has 2 aromatic carbocycles. The van der Waals surface area contributed by atoms with Gasteiger partial charge < -0.3 is 10.6 Å². The van der Waals surface area contributed by atoms with Crippen molar-refractivity contribution >= 4 is 23.4 Å². The van der Waals surface area contributed by atoms with Crippen LogP contribution in [-0.4, -0.2) is 33.0 Å². The number of benzene rings is 2. The Bertz CT molecular complexity index is 1210. The number of primary amides is 1. The fourth-order valence-corrected chi connectivity index (χ4v) is 5.21. The van der Waals surface area contributed by atoms with Gasteiger partial charge in [0.2, 0.25) is 5.91 Å². The molecule has 33 heavy (non-hydrogen) atoms. The predicted octanol–water partition coefficient (Wildman–Crippen LogP) is 4.54. The molecule has 2 aliphatic rings. The lowest BCUT2D eigenvalue weighted by molar-refractivity contribution is -0.134. The van der Waals surface area contributed by atoms with Crippen LogP contribution in [0.15, 0.2) is 48.5 Å². The molecule has 2 N–H and O–H groups in total. The molecule has 6 nitrogen and oxygen atoms in total. The molecule has 0 radical (unpaired) electrons. The summed E-state index contributed by atoms with van der Waals surface area (Å²) in [5, 5.41) is 5.20. The van der Waals surface area contributed by atoms with Crippen LogP contribution in [0.5, 0.6) is 0 Å². The predicted molar refractivity (Wildman–Crippen MR) is 128 cm³/mol. The Kier molecular flexibility index (Phi) is 5.71. The van der Waals surface area contributed by atoms with Gasteiger partial charge >= 0.3 is 0 Å². The van der Waals surface area contributed by atoms with Crippen molar-refractivity contribution in [3.05, 3.63) is 75.9 Å². The summed E-state index contributed by atoms with van der Waals surface area (Å²) in [5.41, 5.74) is 10.7. The molecule has 1 fully saturated rings. The number of nitrogens with zero attached hydrogens (tertiary/aromatic N) is 3. The van der Waals surface area contributed by atoms with Crippen molar-refractivity contribution in [1.29, 1.82) is 0 Å². The molecule has 2 amide bonds. The molecule has 0 spiro atoms. The number of hydrogen-bond acceptors (Lipinski definition) is 3. The fraction of sp³-hybridized carbons (Fsp3) is 0.346. The van der Waals surface area contributed by atoms with Gasteiger partial charge in [0.15, 0.2) is 0 Å². The van der Waals surface area contributed by atoms with Gasteiger partial charge in [-0.2, -0.15) is 5.10 Å². The van der Waals surface area contributed by atoms with Crippen molar-refractivity contribution < 1.29 is 9.59 Å². The van der Waals surface area contributed by atoms with Crippen molar-refractivity contribution in [3.8, 4) is 11.3 Å². The average molecular weight is 463 g/mol. The number of rotatable bonds is 5. The maximum absolute atomic E-state index is 13.1. The van der Waals surface area contributed by atoms with Crippen molar-refractivity contribution in [1.82, 2.24) is 14.7 Å². The first kappa shape index (κ1) is 21.7. The van der Waals surface area contributed by atoms with E-state index in [1.165, 1.54) is 11.1 Å². The molecule has 170 valence electrons. The van der Waals surface area contributed by atoms with Gasteiger partial charge in [-0.05, 0) is 49.3 Å². The molecule has 5 rings (SSSR count). The number of aryl methyl sites for hydroxylation is 1. The second-order valence-electron chi connectivity index (χ2n) is 9.23. The van der Waals surface area contributed by atoms with Gasteiger partial charge in [0, 0.05) is 23.6 Å². The number of nitrogens with two attached hydrogens (primary N) is 1. The largest absolute Gasteiger partial charge is 0.365 e. The van der Waals surface area contributed by atoms with Crippen molar-refractivity contribution in [3.63, 3.8) is 0 Å². The third kappa shape index (κ3) is 4.27. The maximum Gasteiger partial charge on any atom is 0.252 e. The summed E-state index contributed by atoms with van der Waals surface area (Å²) in [5.74, 6) is 0.552. The molecule has 1 aromatic heterocycles. The number of aromatic nitrogens is 2. The lowest BCUT2D eigenvalue weighted by Gasteiger charge is -2.37. The monoisotopic (exact) mass is 462 g/mol. The first-order valence-electron chi connectivity index (χ1n) is 11.4. The summed E-state index contributed by atoms with van der Waals surface area (Å²) in [6.45, 7) is 3.56. The third-order valence-electron chi connectivity index (χ3n) is 6.92. The Hall–Kier alpha value is -3.12. The van der Waals surface area contributed by atoms with Crippen LogP contribution in [-0.2, 0) is 17.9 Å². The van der Waals surface area contributed by atoms with E-state index < -0.39 is 5.91 Å². The van der Waals surface area contributed by atoms with Gasteiger partial charge in [-0.1, -0.05) is 53.6 Å². The lowest BCUT2D eigenvalue weighted by Crippen LogP contribution is -2.40. The number of hydrogen-bond donors (Lipinski definition) is 1. The molecule has 3 aromatic rings. The summed E-state index contributed by atoms with van der Waals surface area (Å²) >= 11 is 6.14. The summed E-state index contributed by atoms with van der Waals surface area (Å²) in [4.78, 5) is 27.2. The highest BCUT2D eigenvalue weighted by atomic mass is 35.5. The molecule has 2 heterocycles. The van der Waals surface area contributed by atoms with E-state index in [2.05, 4.69) is 36.3 Å². The minimum Gasteiger partial charge on any atom is -0.365 e. The summed E-state index contributed by atoms with van der Waals surface area (Å²) < 4.78 is 1.80. The van der Waals surface area contributed by atoms with Crippen LogP contribution in [0.1, 0.15) is 52.4 Å². The van der Waals surface area contributed by atoms with Gasteiger partial charge in [0.25, 0.3) is 5.91 Å². The number of amides is 2. The highest BCUT2D eigenvalue weighted by molar-refractivity contribution is 6.30. The molecular formula is C26H27ClN4O2. The zero-order valence-electron chi connectivity index (χ0n) is 18.6. The second kappa shape index (κ2) is 8.67. The topological polar surface area (TPSA) is 81.2 Å². The minimum absolute atomic E-state index is 0.134. The molecule has 1 aliphatic heterocycles. The van der Waals surface area contributed by atoms with Gasteiger partial charge in [0.1, 0.15) is 5.69 Å². The van der Waals surface area contributed by atoms with E-state index in [1.807, 2.05) is 17.0 Å². The van der Waals surface area contributed by atoms with E-state index >= 15 is 0 Å². The minimum atomic E-state index is -0.541. The van der Waals surface area contributed by atoms with E-state index in [0.717, 1.165) is 18.4 Å².